The number of rotatable bonds is 5. The van der Waals surface area contributed by atoms with Crippen LogP contribution in [0.25, 0.3) is 5.78 Å². The van der Waals surface area contributed by atoms with Crippen LogP contribution in [0.15, 0.2) is 30.3 Å². The number of amides is 1. The van der Waals surface area contributed by atoms with Crippen molar-refractivity contribution in [2.75, 3.05) is 0 Å². The fourth-order valence-electron chi connectivity index (χ4n) is 2.96. The van der Waals surface area contributed by atoms with Crippen LogP contribution in [0.2, 0.25) is 0 Å². The van der Waals surface area contributed by atoms with Crippen LogP contribution >= 0.6 is 0 Å². The predicted octanol–water partition coefficient (Wildman–Crippen LogP) is 2.94. The minimum absolute atomic E-state index is 0.0618. The Kier molecular flexibility index (Phi) is 4.97. The lowest BCUT2D eigenvalue weighted by Crippen LogP contribution is -2.33. The van der Waals surface area contributed by atoms with E-state index >= 15 is 0 Å². The van der Waals surface area contributed by atoms with Gasteiger partial charge in [-0.3, -0.25) is 4.79 Å². The summed E-state index contributed by atoms with van der Waals surface area (Å²) in [6.45, 7) is 7.83. The van der Waals surface area contributed by atoms with Gasteiger partial charge in [0.15, 0.2) is 5.82 Å². The second kappa shape index (κ2) is 7.19. The van der Waals surface area contributed by atoms with Gasteiger partial charge in [-0.25, -0.2) is 13.9 Å². The Hall–Kier alpha value is -2.83. The van der Waals surface area contributed by atoms with Gasteiger partial charge in [0.1, 0.15) is 5.82 Å². The molecule has 2 aromatic heterocycles. The van der Waals surface area contributed by atoms with E-state index < -0.39 is 0 Å². The molecule has 2 heterocycles. The molecule has 0 fully saturated rings. The highest BCUT2D eigenvalue weighted by Crippen LogP contribution is 2.22. The fraction of sp³-hybridized carbons (Fsp3) is 0.368. The molecule has 1 N–H and O–H groups in total. The molecule has 0 aliphatic rings. The summed E-state index contributed by atoms with van der Waals surface area (Å²) in [6, 6.07) is 7.89. The molecule has 1 atom stereocenters. The molecule has 26 heavy (non-hydrogen) atoms. The van der Waals surface area contributed by atoms with Gasteiger partial charge in [0.2, 0.25) is 5.91 Å². The van der Waals surface area contributed by atoms with E-state index in [1.165, 1.54) is 12.1 Å². The van der Waals surface area contributed by atoms with Crippen LogP contribution < -0.4 is 5.32 Å². The second-order valence-electron chi connectivity index (χ2n) is 6.80. The van der Waals surface area contributed by atoms with Gasteiger partial charge < -0.3 is 5.32 Å². The number of hydrogen-bond donors (Lipinski definition) is 1. The number of benzene rings is 1. The van der Waals surface area contributed by atoms with Crippen molar-refractivity contribution < 1.29 is 9.18 Å². The lowest BCUT2D eigenvalue weighted by atomic mass is 9.96. The van der Waals surface area contributed by atoms with Crippen molar-refractivity contribution in [3.63, 3.8) is 0 Å². The highest BCUT2D eigenvalue weighted by molar-refractivity contribution is 5.78. The number of aryl methyl sites for hydroxylation is 2. The Labute approximate surface area is 151 Å². The highest BCUT2D eigenvalue weighted by Gasteiger charge is 2.20. The van der Waals surface area contributed by atoms with E-state index in [2.05, 4.69) is 20.4 Å². The van der Waals surface area contributed by atoms with Gasteiger partial charge in [0.25, 0.3) is 5.78 Å². The number of halogens is 1. The molecule has 1 amide bonds. The average molecular weight is 355 g/mol. The first-order valence-electron chi connectivity index (χ1n) is 8.58. The first kappa shape index (κ1) is 18.0. The van der Waals surface area contributed by atoms with E-state index in [0.717, 1.165) is 17.0 Å². The van der Waals surface area contributed by atoms with Crippen molar-refractivity contribution in [3.8, 4) is 0 Å². The molecule has 0 unspecified atom stereocenters. The maximum absolute atomic E-state index is 13.2. The van der Waals surface area contributed by atoms with Crippen LogP contribution in [0.5, 0.6) is 0 Å². The summed E-state index contributed by atoms with van der Waals surface area (Å²) in [5.41, 5.74) is 2.64. The zero-order valence-electron chi connectivity index (χ0n) is 15.3. The number of nitrogens with one attached hydrogen (secondary N) is 1. The first-order valence-corrected chi connectivity index (χ1v) is 8.58. The smallest absolute Gasteiger partial charge is 0.252 e. The molecule has 0 aliphatic heterocycles. The topological polar surface area (TPSA) is 72.2 Å². The Bertz CT molecular complexity index is 933. The third kappa shape index (κ3) is 3.87. The van der Waals surface area contributed by atoms with Crippen molar-refractivity contribution in [1.82, 2.24) is 24.9 Å². The molecule has 3 aromatic rings. The molecule has 7 heteroatoms. The summed E-state index contributed by atoms with van der Waals surface area (Å²) in [6.07, 6.45) is 0.0618. The fourth-order valence-corrected chi connectivity index (χ4v) is 2.96. The van der Waals surface area contributed by atoms with Gasteiger partial charge in [-0.2, -0.15) is 4.98 Å². The highest BCUT2D eigenvalue weighted by atomic mass is 19.1. The van der Waals surface area contributed by atoms with E-state index in [1.807, 2.05) is 33.8 Å². The summed E-state index contributed by atoms with van der Waals surface area (Å²) in [5, 5.41) is 7.36. The third-order valence-electron chi connectivity index (χ3n) is 4.19. The van der Waals surface area contributed by atoms with Crippen molar-refractivity contribution in [1.29, 1.82) is 0 Å². The summed E-state index contributed by atoms with van der Waals surface area (Å²) in [7, 11) is 0. The number of nitrogens with zero attached hydrogens (tertiary/aromatic N) is 4. The molecule has 0 spiro atoms. The molecule has 0 saturated carbocycles. The molecule has 0 radical (unpaired) electrons. The number of hydrogen-bond acceptors (Lipinski definition) is 4. The Balaban J connectivity index is 1.76. The first-order chi connectivity index (χ1) is 12.3. The van der Waals surface area contributed by atoms with Gasteiger partial charge in [0, 0.05) is 11.4 Å². The summed E-state index contributed by atoms with van der Waals surface area (Å²) < 4.78 is 14.8. The SMILES string of the molecule is Cc1cc(C)n2nc(CC(=O)N[C@@H](c3ccc(F)cc3)C(C)C)nc2n1. The monoisotopic (exact) mass is 355 g/mol. The largest absolute Gasteiger partial charge is 0.349 e. The number of aromatic nitrogens is 4. The van der Waals surface area contributed by atoms with Gasteiger partial charge in [-0.1, -0.05) is 26.0 Å². The Morgan fingerprint density at radius 2 is 1.88 bits per heavy atom. The quantitative estimate of drug-likeness (QED) is 0.764. The van der Waals surface area contributed by atoms with E-state index in [-0.39, 0.29) is 30.1 Å². The number of carbonyl (C=O) groups excluding carboxylic acids is 1. The van der Waals surface area contributed by atoms with Crippen LogP contribution in [-0.4, -0.2) is 25.5 Å². The molecule has 0 bridgehead atoms. The maximum Gasteiger partial charge on any atom is 0.252 e. The van der Waals surface area contributed by atoms with Crippen LogP contribution in [0.4, 0.5) is 4.39 Å². The molecule has 6 nitrogen and oxygen atoms in total. The molecule has 0 aliphatic carbocycles. The van der Waals surface area contributed by atoms with Crippen LogP contribution in [0.3, 0.4) is 0 Å². The summed E-state index contributed by atoms with van der Waals surface area (Å²) in [4.78, 5) is 21.2. The summed E-state index contributed by atoms with van der Waals surface area (Å²) in [5.74, 6) is 0.590. The Morgan fingerprint density at radius 1 is 1.19 bits per heavy atom. The van der Waals surface area contributed by atoms with Crippen molar-refractivity contribution in [2.24, 2.45) is 5.92 Å². The second-order valence-corrected chi connectivity index (χ2v) is 6.80. The van der Waals surface area contributed by atoms with Crippen molar-refractivity contribution in [3.05, 3.63) is 58.9 Å². The predicted molar refractivity (Wildman–Crippen MR) is 96.1 cm³/mol. The van der Waals surface area contributed by atoms with Gasteiger partial charge in [0.05, 0.1) is 12.5 Å². The maximum atomic E-state index is 13.2. The minimum Gasteiger partial charge on any atom is -0.349 e. The molecule has 3 rings (SSSR count). The molecular weight excluding hydrogens is 333 g/mol. The van der Waals surface area contributed by atoms with Crippen LogP contribution in [0, 0.1) is 25.6 Å². The van der Waals surface area contributed by atoms with Crippen molar-refractivity contribution >= 4 is 11.7 Å². The zero-order chi connectivity index (χ0) is 18.8. The molecule has 0 saturated heterocycles. The van der Waals surface area contributed by atoms with E-state index in [1.54, 1.807) is 16.6 Å². The summed E-state index contributed by atoms with van der Waals surface area (Å²) >= 11 is 0. The standard InChI is InChI=1S/C19H22FN5O/c1-11(2)18(14-5-7-15(20)8-6-14)23-17(26)10-16-22-19-21-12(3)9-13(4)25(19)24-16/h5-9,11,18H,10H2,1-4H3,(H,23,26)/t18-/m1/s1. The van der Waals surface area contributed by atoms with Crippen molar-refractivity contribution in [2.45, 2.75) is 40.2 Å². The lowest BCUT2D eigenvalue weighted by molar-refractivity contribution is -0.121. The average Bonchev–Trinajstić information content (AvgIpc) is 2.96. The van der Waals surface area contributed by atoms with Gasteiger partial charge in [-0.05, 0) is 43.5 Å². The van der Waals surface area contributed by atoms with Crippen LogP contribution in [-0.2, 0) is 11.2 Å². The molecular formula is C19H22FN5O. The lowest BCUT2D eigenvalue weighted by Gasteiger charge is -2.22. The molecule has 1 aromatic carbocycles. The van der Waals surface area contributed by atoms with Gasteiger partial charge in [-0.15, -0.1) is 5.10 Å². The number of fused-ring (bicyclic) bond motifs is 1. The third-order valence-corrected chi connectivity index (χ3v) is 4.19. The van der Waals surface area contributed by atoms with Gasteiger partial charge >= 0.3 is 0 Å². The van der Waals surface area contributed by atoms with Crippen LogP contribution in [0.1, 0.15) is 42.7 Å². The minimum atomic E-state index is -0.297. The van der Waals surface area contributed by atoms with E-state index in [4.69, 9.17) is 0 Å². The zero-order valence-corrected chi connectivity index (χ0v) is 15.3. The van der Waals surface area contributed by atoms with E-state index in [9.17, 15) is 9.18 Å². The number of carbonyl (C=O) groups is 1. The Morgan fingerprint density at radius 3 is 2.54 bits per heavy atom. The normalized spacial score (nSPS) is 12.5. The van der Waals surface area contributed by atoms with E-state index in [0.29, 0.717) is 11.6 Å². The molecule has 136 valence electrons.